The van der Waals surface area contributed by atoms with Crippen molar-refractivity contribution < 1.29 is 38.7 Å². The SMILES string of the molecule is C=C(C)C(=O)OCCCc1cc(-c2ccc(OCCCCCCCCCC)c(C)c2)ccc1OCC(CO)(CO)COC(=O)C(=C)C. The molecule has 260 valence electrons. The first-order chi connectivity index (χ1) is 22.6. The highest BCUT2D eigenvalue weighted by atomic mass is 16.5. The number of carbonyl (C=O) groups excluding carboxylic acids is 2. The summed E-state index contributed by atoms with van der Waals surface area (Å²) < 4.78 is 22.8. The third-order valence-electron chi connectivity index (χ3n) is 8.06. The second-order valence-corrected chi connectivity index (χ2v) is 12.6. The molecule has 0 saturated carbocycles. The molecule has 0 saturated heterocycles. The fourth-order valence-corrected chi connectivity index (χ4v) is 4.90. The summed E-state index contributed by atoms with van der Waals surface area (Å²) in [5.41, 5.74) is 3.28. The molecular formula is C39H56O8. The number of hydrogen-bond acceptors (Lipinski definition) is 8. The van der Waals surface area contributed by atoms with Crippen molar-refractivity contribution in [2.45, 2.75) is 91.9 Å². The monoisotopic (exact) mass is 652 g/mol. The Morgan fingerprint density at radius 2 is 1.28 bits per heavy atom. The lowest BCUT2D eigenvalue weighted by molar-refractivity contribution is -0.146. The Kier molecular flexibility index (Phi) is 17.9. The molecule has 0 aliphatic heterocycles. The van der Waals surface area contributed by atoms with E-state index in [1.807, 2.05) is 37.3 Å². The van der Waals surface area contributed by atoms with Crippen LogP contribution in [0.4, 0.5) is 0 Å². The van der Waals surface area contributed by atoms with Crippen LogP contribution in [0.1, 0.15) is 89.7 Å². The predicted octanol–water partition coefficient (Wildman–Crippen LogP) is 7.70. The summed E-state index contributed by atoms with van der Waals surface area (Å²) in [6.45, 7) is 14.3. The maximum atomic E-state index is 12.0. The van der Waals surface area contributed by atoms with E-state index in [9.17, 15) is 19.8 Å². The van der Waals surface area contributed by atoms with Crippen LogP contribution in [-0.4, -0.2) is 61.8 Å². The van der Waals surface area contributed by atoms with Crippen molar-refractivity contribution in [3.05, 3.63) is 71.8 Å². The molecule has 0 aliphatic rings. The zero-order chi connectivity index (χ0) is 34.7. The Morgan fingerprint density at radius 1 is 0.702 bits per heavy atom. The number of rotatable bonds is 24. The van der Waals surface area contributed by atoms with E-state index in [4.69, 9.17) is 18.9 Å². The number of aliphatic hydroxyl groups is 2. The van der Waals surface area contributed by atoms with E-state index in [1.54, 1.807) is 6.92 Å². The van der Waals surface area contributed by atoms with Crippen LogP contribution in [0.5, 0.6) is 11.5 Å². The summed E-state index contributed by atoms with van der Waals surface area (Å²) in [6, 6.07) is 12.0. The lowest BCUT2D eigenvalue weighted by atomic mass is 9.92. The van der Waals surface area contributed by atoms with Crippen LogP contribution < -0.4 is 9.47 Å². The van der Waals surface area contributed by atoms with E-state index in [2.05, 4.69) is 26.1 Å². The van der Waals surface area contributed by atoms with Gasteiger partial charge in [-0.2, -0.15) is 0 Å². The van der Waals surface area contributed by atoms with Gasteiger partial charge < -0.3 is 29.2 Å². The molecule has 0 radical (unpaired) electrons. The van der Waals surface area contributed by atoms with E-state index in [1.165, 1.54) is 51.9 Å². The molecule has 0 aliphatic carbocycles. The van der Waals surface area contributed by atoms with Gasteiger partial charge in [-0.1, -0.05) is 77.2 Å². The molecule has 0 amide bonds. The number of hydrogen-bond donors (Lipinski definition) is 2. The highest BCUT2D eigenvalue weighted by Gasteiger charge is 2.32. The normalized spacial score (nSPS) is 11.2. The molecule has 2 aromatic rings. The fraction of sp³-hybridized carbons (Fsp3) is 0.538. The fourth-order valence-electron chi connectivity index (χ4n) is 4.90. The molecule has 0 atom stereocenters. The van der Waals surface area contributed by atoms with Crippen molar-refractivity contribution >= 4 is 11.9 Å². The minimum absolute atomic E-state index is 0.0928. The van der Waals surface area contributed by atoms with Gasteiger partial charge in [0, 0.05) is 11.1 Å². The Balaban J connectivity index is 2.14. The standard InChI is InChI=1S/C39H56O8/c1-7-8-9-10-11-12-13-14-21-44-35-19-17-32(23-31(35)6)33-18-20-36(34(24-33)16-15-22-45-37(42)29(2)3)46-27-39(25-40,26-41)28-47-38(43)30(4)5/h17-20,23-24,40-41H,2,4,7-16,21-22,25-28H2,1,3,5-6H3. The molecule has 8 heteroatoms. The van der Waals surface area contributed by atoms with Gasteiger partial charge in [-0.05, 0) is 86.6 Å². The number of ether oxygens (including phenoxy) is 4. The van der Waals surface area contributed by atoms with Crippen LogP contribution in [0.25, 0.3) is 11.1 Å². The summed E-state index contributed by atoms with van der Waals surface area (Å²) in [5, 5.41) is 20.2. The summed E-state index contributed by atoms with van der Waals surface area (Å²) >= 11 is 0. The Hall–Kier alpha value is -3.62. The number of esters is 2. The highest BCUT2D eigenvalue weighted by molar-refractivity contribution is 5.87. The van der Waals surface area contributed by atoms with E-state index in [-0.39, 0.29) is 25.4 Å². The quantitative estimate of drug-likeness (QED) is 0.0674. The molecule has 2 N–H and O–H groups in total. The maximum Gasteiger partial charge on any atom is 0.333 e. The Labute approximate surface area is 281 Å². The topological polar surface area (TPSA) is 112 Å². The molecule has 0 spiro atoms. The van der Waals surface area contributed by atoms with Gasteiger partial charge in [0.25, 0.3) is 0 Å². The van der Waals surface area contributed by atoms with E-state index in [0.717, 1.165) is 34.4 Å². The Bertz CT molecular complexity index is 1290. The van der Waals surface area contributed by atoms with Crippen LogP contribution >= 0.6 is 0 Å². The van der Waals surface area contributed by atoms with E-state index >= 15 is 0 Å². The molecule has 0 fully saturated rings. The van der Waals surface area contributed by atoms with Crippen molar-refractivity contribution in [3.63, 3.8) is 0 Å². The second kappa shape index (κ2) is 21.3. The third-order valence-corrected chi connectivity index (χ3v) is 8.06. The van der Waals surface area contributed by atoms with Crippen molar-refractivity contribution in [1.29, 1.82) is 0 Å². The predicted molar refractivity (Wildman–Crippen MR) is 187 cm³/mol. The Morgan fingerprint density at radius 3 is 1.87 bits per heavy atom. The molecule has 0 bridgehead atoms. The van der Waals surface area contributed by atoms with Crippen molar-refractivity contribution in [2.24, 2.45) is 5.41 Å². The lowest BCUT2D eigenvalue weighted by Gasteiger charge is -2.29. The first-order valence-electron chi connectivity index (χ1n) is 16.9. The summed E-state index contributed by atoms with van der Waals surface area (Å²) in [4.78, 5) is 23.8. The van der Waals surface area contributed by atoms with Gasteiger partial charge in [0.05, 0.1) is 31.8 Å². The molecular weight excluding hydrogens is 596 g/mol. The summed E-state index contributed by atoms with van der Waals surface area (Å²) in [7, 11) is 0. The molecule has 0 unspecified atom stereocenters. The summed E-state index contributed by atoms with van der Waals surface area (Å²) in [5.74, 6) is 0.397. The van der Waals surface area contributed by atoms with Crippen LogP contribution in [0.15, 0.2) is 60.7 Å². The van der Waals surface area contributed by atoms with Gasteiger partial charge in [-0.15, -0.1) is 0 Å². The van der Waals surface area contributed by atoms with Crippen LogP contribution in [-0.2, 0) is 25.5 Å². The van der Waals surface area contributed by atoms with Crippen molar-refractivity contribution in [1.82, 2.24) is 0 Å². The highest BCUT2D eigenvalue weighted by Crippen LogP contribution is 2.32. The minimum Gasteiger partial charge on any atom is -0.493 e. The molecule has 2 rings (SSSR count). The average molecular weight is 653 g/mol. The molecule has 2 aromatic carbocycles. The van der Waals surface area contributed by atoms with Crippen LogP contribution in [0.3, 0.4) is 0 Å². The number of aryl methyl sites for hydroxylation is 2. The van der Waals surface area contributed by atoms with Gasteiger partial charge in [0.15, 0.2) is 0 Å². The molecule has 0 aromatic heterocycles. The number of benzene rings is 2. The van der Waals surface area contributed by atoms with Crippen LogP contribution in [0, 0.1) is 12.3 Å². The smallest absolute Gasteiger partial charge is 0.333 e. The molecule has 0 heterocycles. The molecule has 47 heavy (non-hydrogen) atoms. The van der Waals surface area contributed by atoms with Gasteiger partial charge in [-0.3, -0.25) is 0 Å². The first kappa shape index (κ1) is 39.6. The van der Waals surface area contributed by atoms with Crippen LogP contribution in [0.2, 0.25) is 0 Å². The van der Waals surface area contributed by atoms with Gasteiger partial charge >= 0.3 is 11.9 Å². The zero-order valence-electron chi connectivity index (χ0n) is 29.0. The minimum atomic E-state index is -1.21. The van der Waals surface area contributed by atoms with E-state index < -0.39 is 30.6 Å². The molecule has 8 nitrogen and oxygen atoms in total. The first-order valence-corrected chi connectivity index (χ1v) is 16.9. The number of aliphatic hydroxyl groups excluding tert-OH is 2. The van der Waals surface area contributed by atoms with Gasteiger partial charge in [-0.25, -0.2) is 9.59 Å². The summed E-state index contributed by atoms with van der Waals surface area (Å²) in [6.07, 6.45) is 11.1. The average Bonchev–Trinajstić information content (AvgIpc) is 3.06. The number of unbranched alkanes of at least 4 members (excludes halogenated alkanes) is 7. The van der Waals surface area contributed by atoms with Crippen molar-refractivity contribution in [3.8, 4) is 22.6 Å². The van der Waals surface area contributed by atoms with E-state index in [0.29, 0.717) is 30.8 Å². The van der Waals surface area contributed by atoms with Gasteiger partial charge in [0.2, 0.25) is 0 Å². The largest absolute Gasteiger partial charge is 0.493 e. The third kappa shape index (κ3) is 14.0. The second-order valence-electron chi connectivity index (χ2n) is 12.6. The maximum absolute atomic E-state index is 12.0. The lowest BCUT2D eigenvalue weighted by Crippen LogP contribution is -2.41. The number of carbonyl (C=O) groups is 2. The van der Waals surface area contributed by atoms with Crippen molar-refractivity contribution in [2.75, 3.05) is 39.6 Å². The zero-order valence-corrected chi connectivity index (χ0v) is 29.0. The van der Waals surface area contributed by atoms with Gasteiger partial charge in [0.1, 0.15) is 24.7 Å².